The van der Waals surface area contributed by atoms with Crippen LogP contribution in [0.25, 0.3) is 6.08 Å². The molecule has 2 aromatic rings. The van der Waals surface area contributed by atoms with E-state index < -0.39 is 9.84 Å². The maximum atomic E-state index is 12.4. The van der Waals surface area contributed by atoms with Gasteiger partial charge in [0.25, 0.3) is 0 Å². The minimum Gasteiger partial charge on any atom is -0.488 e. The lowest BCUT2D eigenvalue weighted by molar-refractivity contribution is 0.359. The van der Waals surface area contributed by atoms with Crippen molar-refractivity contribution in [2.75, 3.05) is 6.61 Å². The van der Waals surface area contributed by atoms with Gasteiger partial charge in [-0.2, -0.15) is 0 Å². The molecule has 1 aliphatic rings. The highest BCUT2D eigenvalue weighted by Gasteiger charge is 2.29. The van der Waals surface area contributed by atoms with Crippen molar-refractivity contribution in [2.24, 2.45) is 0 Å². The topological polar surface area (TPSA) is 43.4 Å². The Morgan fingerprint density at radius 1 is 1.05 bits per heavy atom. The first-order valence-electron chi connectivity index (χ1n) is 6.31. The molecule has 0 atom stereocenters. The van der Waals surface area contributed by atoms with E-state index >= 15 is 0 Å². The van der Waals surface area contributed by atoms with Gasteiger partial charge < -0.3 is 4.74 Å². The van der Waals surface area contributed by atoms with Gasteiger partial charge in [-0.25, -0.2) is 8.42 Å². The molecule has 0 saturated heterocycles. The molecule has 0 aliphatic carbocycles. The molecule has 0 unspecified atom stereocenters. The summed E-state index contributed by atoms with van der Waals surface area (Å²) in [5.74, 6) is 0.663. The van der Waals surface area contributed by atoms with E-state index in [-0.39, 0.29) is 6.61 Å². The van der Waals surface area contributed by atoms with Gasteiger partial charge in [0.15, 0.2) is 0 Å². The average Bonchev–Trinajstić information content (AvgIpc) is 2.69. The first-order valence-corrected chi connectivity index (χ1v) is 7.80. The van der Waals surface area contributed by atoms with Crippen molar-refractivity contribution in [1.29, 1.82) is 0 Å². The molecule has 1 heterocycles. The number of hydrogen-bond acceptors (Lipinski definition) is 3. The van der Waals surface area contributed by atoms with E-state index in [0.717, 1.165) is 11.1 Å². The molecule has 0 spiro atoms. The van der Waals surface area contributed by atoms with Gasteiger partial charge in [-0.1, -0.05) is 30.3 Å². The Bertz CT molecular complexity index is 775. The number of para-hydroxylation sites is 1. The zero-order valence-electron chi connectivity index (χ0n) is 11.0. The zero-order valence-corrected chi connectivity index (χ0v) is 11.9. The third kappa shape index (κ3) is 2.23. The van der Waals surface area contributed by atoms with Crippen molar-refractivity contribution in [3.8, 4) is 5.75 Å². The van der Waals surface area contributed by atoms with E-state index in [1.54, 1.807) is 24.3 Å². The Kier molecular flexibility index (Phi) is 3.10. The van der Waals surface area contributed by atoms with Crippen molar-refractivity contribution in [3.05, 3.63) is 64.6 Å². The van der Waals surface area contributed by atoms with Crippen LogP contribution in [0.2, 0.25) is 0 Å². The number of hydrogen-bond donors (Lipinski definition) is 0. The smallest absolute Gasteiger partial charge is 0.206 e. The molecule has 0 fully saturated rings. The lowest BCUT2D eigenvalue weighted by atomic mass is 10.1. The number of ether oxygens (including phenoxy) is 1. The van der Waals surface area contributed by atoms with Crippen molar-refractivity contribution in [2.45, 2.75) is 11.8 Å². The second-order valence-electron chi connectivity index (χ2n) is 4.76. The number of aryl methyl sites for hydroxylation is 1. The van der Waals surface area contributed by atoms with Crippen LogP contribution in [0.5, 0.6) is 5.75 Å². The fraction of sp³-hybridized carbons (Fsp3) is 0.125. The number of fused-ring (bicyclic) bond motifs is 1. The lowest BCUT2D eigenvalue weighted by Gasteiger charge is -2.07. The minimum absolute atomic E-state index is 0.0556. The molecule has 3 rings (SSSR count). The van der Waals surface area contributed by atoms with Crippen molar-refractivity contribution < 1.29 is 13.2 Å². The summed E-state index contributed by atoms with van der Waals surface area (Å²) < 4.78 is 30.4. The molecular weight excluding hydrogens is 272 g/mol. The van der Waals surface area contributed by atoms with E-state index in [4.69, 9.17) is 4.74 Å². The van der Waals surface area contributed by atoms with Crippen LogP contribution in [0, 0.1) is 6.92 Å². The Morgan fingerprint density at radius 2 is 1.80 bits per heavy atom. The molecule has 0 amide bonds. The van der Waals surface area contributed by atoms with Gasteiger partial charge in [0.2, 0.25) is 9.84 Å². The Morgan fingerprint density at radius 3 is 2.55 bits per heavy atom. The minimum atomic E-state index is -3.40. The molecule has 2 aromatic carbocycles. The summed E-state index contributed by atoms with van der Waals surface area (Å²) in [6.07, 6.45) is 1.69. The third-order valence-electron chi connectivity index (χ3n) is 3.24. The molecule has 4 heteroatoms. The summed E-state index contributed by atoms with van der Waals surface area (Å²) in [4.78, 5) is 0.686. The average molecular weight is 286 g/mol. The van der Waals surface area contributed by atoms with E-state index in [9.17, 15) is 8.42 Å². The maximum absolute atomic E-state index is 12.4. The molecule has 1 aliphatic heterocycles. The lowest BCUT2D eigenvalue weighted by Crippen LogP contribution is -2.09. The normalized spacial score (nSPS) is 15.6. The van der Waals surface area contributed by atoms with Crippen LogP contribution < -0.4 is 4.74 Å². The summed E-state index contributed by atoms with van der Waals surface area (Å²) in [5, 5.41) is 0. The van der Waals surface area contributed by atoms with E-state index in [2.05, 4.69) is 0 Å². The fourth-order valence-electron chi connectivity index (χ4n) is 2.18. The molecule has 0 radical (unpaired) electrons. The molecule has 0 N–H and O–H groups in total. The largest absolute Gasteiger partial charge is 0.488 e. The standard InChI is InChI=1S/C16H14O3S/c1-12-7-8-13-10-15(20(17,18)16(13)9-12)11-19-14-5-3-2-4-6-14/h2-10H,11H2,1H3. The highest BCUT2D eigenvalue weighted by Crippen LogP contribution is 2.33. The molecule has 0 aromatic heterocycles. The van der Waals surface area contributed by atoms with Crippen LogP contribution in [0.4, 0.5) is 0 Å². The maximum Gasteiger partial charge on any atom is 0.206 e. The van der Waals surface area contributed by atoms with Crippen LogP contribution in [-0.2, 0) is 9.84 Å². The predicted molar refractivity (Wildman–Crippen MR) is 78.3 cm³/mol. The van der Waals surface area contributed by atoms with Crippen LogP contribution in [0.3, 0.4) is 0 Å². The van der Waals surface area contributed by atoms with Gasteiger partial charge in [0.05, 0.1) is 9.80 Å². The third-order valence-corrected chi connectivity index (χ3v) is 5.10. The summed E-state index contributed by atoms with van der Waals surface area (Å²) in [5.41, 5.74) is 1.67. The molecular formula is C16H14O3S. The van der Waals surface area contributed by atoms with Gasteiger partial charge in [-0.15, -0.1) is 0 Å². The molecule has 0 saturated carbocycles. The fourth-order valence-corrected chi connectivity index (χ4v) is 3.73. The van der Waals surface area contributed by atoms with Gasteiger partial charge in [-0.3, -0.25) is 0 Å². The number of rotatable bonds is 3. The quantitative estimate of drug-likeness (QED) is 0.870. The van der Waals surface area contributed by atoms with E-state index in [0.29, 0.717) is 15.6 Å². The monoisotopic (exact) mass is 286 g/mol. The molecule has 3 nitrogen and oxygen atoms in total. The summed E-state index contributed by atoms with van der Waals surface area (Å²) >= 11 is 0. The number of sulfone groups is 1. The van der Waals surface area contributed by atoms with E-state index in [1.165, 1.54) is 0 Å². The summed E-state index contributed by atoms with van der Waals surface area (Å²) in [6.45, 7) is 1.94. The molecule has 0 bridgehead atoms. The second-order valence-corrected chi connectivity index (χ2v) is 6.73. The van der Waals surface area contributed by atoms with Crippen LogP contribution in [0.15, 0.2) is 58.3 Å². The van der Waals surface area contributed by atoms with Crippen molar-refractivity contribution in [3.63, 3.8) is 0 Å². The Labute approximate surface area is 118 Å². The van der Waals surface area contributed by atoms with Gasteiger partial charge >= 0.3 is 0 Å². The molecule has 102 valence electrons. The zero-order chi connectivity index (χ0) is 14.2. The highest BCUT2D eigenvalue weighted by molar-refractivity contribution is 7.95. The molecule has 20 heavy (non-hydrogen) atoms. The Balaban J connectivity index is 1.86. The van der Waals surface area contributed by atoms with Crippen LogP contribution in [0.1, 0.15) is 11.1 Å². The van der Waals surface area contributed by atoms with Crippen molar-refractivity contribution in [1.82, 2.24) is 0 Å². The second kappa shape index (κ2) is 4.80. The van der Waals surface area contributed by atoms with Gasteiger partial charge in [0.1, 0.15) is 12.4 Å². The summed E-state index contributed by atoms with van der Waals surface area (Å²) in [6, 6.07) is 14.6. The summed E-state index contributed by atoms with van der Waals surface area (Å²) in [7, 11) is -3.40. The van der Waals surface area contributed by atoms with Gasteiger partial charge in [-0.05, 0) is 42.3 Å². The SMILES string of the molecule is Cc1ccc2c(c1)S(=O)(=O)C(COc1ccccc1)=C2. The predicted octanol–water partition coefficient (Wildman–Crippen LogP) is 3.20. The van der Waals surface area contributed by atoms with Gasteiger partial charge in [0, 0.05) is 0 Å². The number of benzene rings is 2. The van der Waals surface area contributed by atoms with Crippen molar-refractivity contribution >= 4 is 15.9 Å². The Hall–Kier alpha value is -2.07. The first-order chi connectivity index (χ1) is 9.57. The first kappa shape index (κ1) is 12.9. The highest BCUT2D eigenvalue weighted by atomic mass is 32.2. The van der Waals surface area contributed by atoms with E-state index in [1.807, 2.05) is 37.3 Å². The van der Waals surface area contributed by atoms with Crippen LogP contribution in [-0.4, -0.2) is 15.0 Å². The van der Waals surface area contributed by atoms with Crippen LogP contribution >= 0.6 is 0 Å².